The highest BCUT2D eigenvalue weighted by atomic mass is 35.5. The van der Waals surface area contributed by atoms with Crippen molar-refractivity contribution >= 4 is 40.5 Å². The van der Waals surface area contributed by atoms with Crippen LogP contribution in [-0.2, 0) is 6.54 Å². The van der Waals surface area contributed by atoms with Gasteiger partial charge in [-0.1, -0.05) is 65.7 Å². The van der Waals surface area contributed by atoms with Crippen LogP contribution >= 0.6 is 23.2 Å². The molecule has 37 heavy (non-hydrogen) atoms. The monoisotopic (exact) mass is 535 g/mol. The molecule has 3 aromatic rings. The van der Waals surface area contributed by atoms with E-state index in [2.05, 4.69) is 68.3 Å². The van der Waals surface area contributed by atoms with E-state index in [1.54, 1.807) is 0 Å². The van der Waals surface area contributed by atoms with Crippen molar-refractivity contribution in [1.82, 2.24) is 15.2 Å². The van der Waals surface area contributed by atoms with E-state index in [0.29, 0.717) is 24.3 Å². The van der Waals surface area contributed by atoms with Crippen molar-refractivity contribution in [2.45, 2.75) is 44.8 Å². The van der Waals surface area contributed by atoms with Gasteiger partial charge < -0.3 is 15.1 Å². The first kappa shape index (κ1) is 26.9. The number of hydrogen-bond acceptors (Lipinski definition) is 4. The number of carbonyl (C=O) groups is 1. The maximum absolute atomic E-state index is 12.5. The van der Waals surface area contributed by atoms with Gasteiger partial charge in [-0.2, -0.15) is 0 Å². The molecule has 4 rings (SSSR count). The van der Waals surface area contributed by atoms with Crippen molar-refractivity contribution in [1.29, 1.82) is 0 Å². The van der Waals surface area contributed by atoms with Gasteiger partial charge in [-0.05, 0) is 43.9 Å². The molecule has 0 aliphatic carbocycles. The minimum atomic E-state index is -0.274. The summed E-state index contributed by atoms with van der Waals surface area (Å²) in [5.41, 5.74) is 3.36. The first-order valence-corrected chi connectivity index (χ1v) is 13.3. The van der Waals surface area contributed by atoms with Crippen LogP contribution in [0.4, 0.5) is 11.4 Å². The molecule has 0 saturated carbocycles. The summed E-state index contributed by atoms with van der Waals surface area (Å²) in [6, 6.07) is 19.2. The minimum absolute atomic E-state index is 0.254. The van der Waals surface area contributed by atoms with E-state index < -0.39 is 0 Å². The molecular formula is C29H31Cl2N5O. The van der Waals surface area contributed by atoms with Gasteiger partial charge in [-0.15, -0.1) is 0 Å². The molecule has 6 nitrogen and oxygen atoms in total. The minimum Gasteiger partial charge on any atom is -0.364 e. The Balaban J connectivity index is 1.33. The average Bonchev–Trinajstić information content (AvgIpc) is 2.92. The van der Waals surface area contributed by atoms with Crippen LogP contribution in [0.15, 0.2) is 67.0 Å². The Morgan fingerprint density at radius 2 is 1.76 bits per heavy atom. The number of piperidine rings is 1. The molecule has 1 N–H and O–H groups in total. The smallest absolute Gasteiger partial charge is 0.254 e. The number of anilines is 1. The van der Waals surface area contributed by atoms with Crippen molar-refractivity contribution < 1.29 is 4.79 Å². The van der Waals surface area contributed by atoms with E-state index >= 15 is 0 Å². The highest BCUT2D eigenvalue weighted by Crippen LogP contribution is 2.29. The predicted molar refractivity (Wildman–Crippen MR) is 151 cm³/mol. The number of amides is 1. The molecule has 1 atom stereocenters. The number of halogens is 2. The number of carbonyl (C=O) groups excluding carboxylic acids is 1. The molecule has 1 aliphatic rings. The molecule has 1 aromatic heterocycles. The lowest BCUT2D eigenvalue weighted by atomic mass is 9.99. The van der Waals surface area contributed by atoms with E-state index in [0.717, 1.165) is 44.6 Å². The van der Waals surface area contributed by atoms with Crippen LogP contribution < -0.4 is 10.2 Å². The molecule has 2 aromatic carbocycles. The maximum Gasteiger partial charge on any atom is 0.254 e. The molecule has 1 fully saturated rings. The Bertz CT molecular complexity index is 1200. The van der Waals surface area contributed by atoms with E-state index in [-0.39, 0.29) is 21.5 Å². The highest BCUT2D eigenvalue weighted by molar-refractivity contribution is 6.39. The summed E-state index contributed by atoms with van der Waals surface area (Å²) in [6.07, 6.45) is 5.79. The van der Waals surface area contributed by atoms with Gasteiger partial charge in [0.1, 0.15) is 0 Å². The number of hydrogen-bond donors (Lipinski definition) is 1. The highest BCUT2D eigenvalue weighted by Gasteiger charge is 2.27. The van der Waals surface area contributed by atoms with E-state index in [4.69, 9.17) is 29.8 Å². The lowest BCUT2D eigenvalue weighted by Gasteiger charge is -2.42. The normalized spacial score (nSPS) is 15.1. The number of rotatable bonds is 9. The molecule has 2 heterocycles. The lowest BCUT2D eigenvalue weighted by Crippen LogP contribution is -2.48. The lowest BCUT2D eigenvalue weighted by molar-refractivity contribution is 0.0945. The number of nitrogens with one attached hydrogen (secondary N) is 1. The Hall–Kier alpha value is -3.11. The topological polar surface area (TPSA) is 52.8 Å². The van der Waals surface area contributed by atoms with Crippen molar-refractivity contribution in [2.24, 2.45) is 0 Å². The van der Waals surface area contributed by atoms with Gasteiger partial charge in [0, 0.05) is 56.3 Å². The first-order chi connectivity index (χ1) is 18.0. The number of benzene rings is 2. The summed E-state index contributed by atoms with van der Waals surface area (Å²) >= 11 is 12.2. The number of nitrogens with zero attached hydrogens (tertiary/aromatic N) is 4. The van der Waals surface area contributed by atoms with E-state index in [1.165, 1.54) is 18.0 Å². The van der Waals surface area contributed by atoms with Crippen LogP contribution in [0, 0.1) is 6.57 Å². The van der Waals surface area contributed by atoms with Crippen molar-refractivity contribution in [3.8, 4) is 0 Å². The molecule has 1 aliphatic heterocycles. The fourth-order valence-electron chi connectivity index (χ4n) is 4.86. The number of aromatic nitrogens is 1. The zero-order valence-corrected chi connectivity index (χ0v) is 22.4. The molecule has 0 radical (unpaired) electrons. The van der Waals surface area contributed by atoms with Gasteiger partial charge in [0.2, 0.25) is 0 Å². The molecule has 1 unspecified atom stereocenters. The maximum atomic E-state index is 12.5. The zero-order valence-electron chi connectivity index (χ0n) is 20.9. The van der Waals surface area contributed by atoms with Crippen molar-refractivity contribution in [3.05, 3.63) is 99.6 Å². The van der Waals surface area contributed by atoms with Crippen LogP contribution in [0.1, 0.15) is 42.1 Å². The SMILES string of the molecule is [C-]#[N+]c1ccc(N(Cc2ccccc2)C2CCN(C(C)CCNC(=O)c3c(Cl)cncc3Cl)CC2)cc1. The quantitative estimate of drug-likeness (QED) is 0.313. The second-order valence-corrected chi connectivity index (χ2v) is 10.2. The van der Waals surface area contributed by atoms with Crippen LogP contribution in [0.2, 0.25) is 10.0 Å². The van der Waals surface area contributed by atoms with Crippen LogP contribution in [0.5, 0.6) is 0 Å². The summed E-state index contributed by atoms with van der Waals surface area (Å²) in [7, 11) is 0. The number of pyridine rings is 1. The van der Waals surface area contributed by atoms with Gasteiger partial charge in [0.25, 0.3) is 5.91 Å². The summed E-state index contributed by atoms with van der Waals surface area (Å²) < 4.78 is 0. The van der Waals surface area contributed by atoms with Crippen molar-refractivity contribution in [3.63, 3.8) is 0 Å². The molecule has 0 bridgehead atoms. The van der Waals surface area contributed by atoms with Gasteiger partial charge in [0.15, 0.2) is 5.69 Å². The summed E-state index contributed by atoms with van der Waals surface area (Å²) in [4.78, 5) is 25.0. The summed E-state index contributed by atoms with van der Waals surface area (Å²) in [5.74, 6) is -0.274. The predicted octanol–water partition coefficient (Wildman–Crippen LogP) is 6.62. The second kappa shape index (κ2) is 12.9. The zero-order chi connectivity index (χ0) is 26.2. The number of likely N-dealkylation sites (tertiary alicyclic amines) is 1. The van der Waals surface area contributed by atoms with E-state index in [1.807, 2.05) is 18.2 Å². The second-order valence-electron chi connectivity index (χ2n) is 9.38. The summed E-state index contributed by atoms with van der Waals surface area (Å²) in [6.45, 7) is 12.8. The van der Waals surface area contributed by atoms with Gasteiger partial charge in [0.05, 0.1) is 22.2 Å². The Labute approximate surface area is 229 Å². The molecule has 0 spiro atoms. The molecule has 1 amide bonds. The van der Waals surface area contributed by atoms with Crippen LogP contribution in [0.25, 0.3) is 4.85 Å². The largest absolute Gasteiger partial charge is 0.364 e. The Morgan fingerprint density at radius 3 is 2.38 bits per heavy atom. The van der Waals surface area contributed by atoms with Gasteiger partial charge >= 0.3 is 0 Å². The van der Waals surface area contributed by atoms with Gasteiger partial charge in [-0.3, -0.25) is 9.78 Å². The van der Waals surface area contributed by atoms with Gasteiger partial charge in [-0.25, -0.2) is 4.85 Å². The standard InChI is InChI=1S/C29H31Cl2N5O/c1-21(12-15-34-29(37)28-26(30)18-33-19-27(28)31)35-16-13-25(14-17-35)36(20-22-6-4-3-5-7-22)24-10-8-23(32-2)9-11-24/h3-11,18-19,21,25H,12-17,20H2,1H3,(H,34,37). The Kier molecular flexibility index (Phi) is 9.40. The van der Waals surface area contributed by atoms with E-state index in [9.17, 15) is 4.79 Å². The molecule has 1 saturated heterocycles. The van der Waals surface area contributed by atoms with Crippen molar-refractivity contribution in [2.75, 3.05) is 24.5 Å². The summed E-state index contributed by atoms with van der Waals surface area (Å²) in [5, 5.41) is 3.45. The molecular weight excluding hydrogens is 505 g/mol. The molecule has 192 valence electrons. The Morgan fingerprint density at radius 1 is 1.11 bits per heavy atom. The van der Waals surface area contributed by atoms with Crippen LogP contribution in [-0.4, -0.2) is 47.5 Å². The fourth-order valence-corrected chi connectivity index (χ4v) is 5.40. The first-order valence-electron chi connectivity index (χ1n) is 12.6. The third kappa shape index (κ3) is 7.01. The third-order valence-corrected chi connectivity index (χ3v) is 7.57. The average molecular weight is 537 g/mol. The third-order valence-electron chi connectivity index (χ3n) is 7.00. The molecule has 8 heteroatoms. The van der Waals surface area contributed by atoms with Crippen LogP contribution in [0.3, 0.4) is 0 Å². The fraction of sp³-hybridized carbons (Fsp3) is 0.345.